The zero-order valence-corrected chi connectivity index (χ0v) is 10.5. The van der Waals surface area contributed by atoms with Crippen molar-refractivity contribution in [3.63, 3.8) is 0 Å². The largest absolute Gasteiger partial charge is 0.480 e. The third-order valence-corrected chi connectivity index (χ3v) is 2.70. The Hall–Kier alpha value is -2.84. The number of carboxylic acid groups (broad SMARTS) is 1. The summed E-state index contributed by atoms with van der Waals surface area (Å²) < 4.78 is 5.59. The minimum atomic E-state index is -1.10. The van der Waals surface area contributed by atoms with Gasteiger partial charge in [0.2, 0.25) is 0 Å². The van der Waals surface area contributed by atoms with Crippen LogP contribution in [-0.2, 0) is 4.79 Å². The van der Waals surface area contributed by atoms with E-state index in [1.807, 2.05) is 6.07 Å². The molecular formula is C15H12N2O3. The first-order valence-electron chi connectivity index (χ1n) is 5.86. The van der Waals surface area contributed by atoms with Crippen molar-refractivity contribution >= 4 is 5.97 Å². The number of rotatable bonds is 4. The number of carboxylic acids is 1. The SMILES string of the molecule is N#Cc1ccc(Oc2cccc(C(N)C(=O)O)c2)cc1. The van der Waals surface area contributed by atoms with Gasteiger partial charge < -0.3 is 15.6 Å². The van der Waals surface area contributed by atoms with Gasteiger partial charge in [0.25, 0.3) is 0 Å². The molecule has 0 fully saturated rings. The number of carbonyl (C=O) groups is 1. The molecule has 0 aliphatic carbocycles. The van der Waals surface area contributed by atoms with Gasteiger partial charge in [0.1, 0.15) is 17.5 Å². The molecule has 0 bridgehead atoms. The summed E-state index contributed by atoms with van der Waals surface area (Å²) in [6.45, 7) is 0. The van der Waals surface area contributed by atoms with E-state index >= 15 is 0 Å². The summed E-state index contributed by atoms with van der Waals surface area (Å²) >= 11 is 0. The molecule has 0 aliphatic heterocycles. The third-order valence-electron chi connectivity index (χ3n) is 2.70. The van der Waals surface area contributed by atoms with Crippen LogP contribution in [0.5, 0.6) is 11.5 Å². The Bertz CT molecular complexity index is 660. The van der Waals surface area contributed by atoms with Gasteiger partial charge in [-0.15, -0.1) is 0 Å². The Morgan fingerprint density at radius 3 is 2.50 bits per heavy atom. The molecule has 2 rings (SSSR count). The summed E-state index contributed by atoms with van der Waals surface area (Å²) in [5, 5.41) is 17.6. The lowest BCUT2D eigenvalue weighted by atomic mass is 10.1. The number of benzene rings is 2. The van der Waals surface area contributed by atoms with Gasteiger partial charge >= 0.3 is 5.97 Å². The summed E-state index contributed by atoms with van der Waals surface area (Å²) in [5.74, 6) is -0.0468. The average molecular weight is 268 g/mol. The van der Waals surface area contributed by atoms with Crippen LogP contribution in [0, 0.1) is 11.3 Å². The van der Waals surface area contributed by atoms with Crippen LogP contribution in [0.1, 0.15) is 17.2 Å². The van der Waals surface area contributed by atoms with Gasteiger partial charge in [-0.05, 0) is 42.0 Å². The van der Waals surface area contributed by atoms with E-state index in [2.05, 4.69) is 0 Å². The van der Waals surface area contributed by atoms with Crippen LogP contribution in [0.2, 0.25) is 0 Å². The van der Waals surface area contributed by atoms with Crippen molar-refractivity contribution in [1.82, 2.24) is 0 Å². The summed E-state index contributed by atoms with van der Waals surface area (Å²) in [4.78, 5) is 10.8. The number of hydrogen-bond acceptors (Lipinski definition) is 4. The molecule has 0 radical (unpaired) electrons. The van der Waals surface area contributed by atoms with Crippen molar-refractivity contribution in [2.45, 2.75) is 6.04 Å². The third kappa shape index (κ3) is 3.13. The van der Waals surface area contributed by atoms with E-state index in [0.717, 1.165) is 0 Å². The highest BCUT2D eigenvalue weighted by Crippen LogP contribution is 2.24. The molecule has 2 aromatic rings. The standard InChI is InChI=1S/C15H12N2O3/c16-9-10-4-6-12(7-5-10)20-13-3-1-2-11(8-13)14(17)15(18)19/h1-8,14H,17H2,(H,18,19). The molecule has 0 aromatic heterocycles. The van der Waals surface area contributed by atoms with Gasteiger partial charge in [-0.2, -0.15) is 5.26 Å². The summed E-state index contributed by atoms with van der Waals surface area (Å²) in [7, 11) is 0. The van der Waals surface area contributed by atoms with E-state index in [0.29, 0.717) is 22.6 Å². The van der Waals surface area contributed by atoms with Crippen molar-refractivity contribution in [1.29, 1.82) is 5.26 Å². The lowest BCUT2D eigenvalue weighted by molar-refractivity contribution is -0.138. The van der Waals surface area contributed by atoms with Gasteiger partial charge in [-0.3, -0.25) is 4.79 Å². The van der Waals surface area contributed by atoms with E-state index < -0.39 is 12.0 Å². The fraction of sp³-hybridized carbons (Fsp3) is 0.0667. The molecule has 5 heteroatoms. The molecule has 3 N–H and O–H groups in total. The Morgan fingerprint density at radius 1 is 1.20 bits per heavy atom. The summed E-state index contributed by atoms with van der Waals surface area (Å²) in [5.41, 5.74) is 6.55. The number of hydrogen-bond donors (Lipinski definition) is 2. The zero-order valence-electron chi connectivity index (χ0n) is 10.5. The van der Waals surface area contributed by atoms with Gasteiger partial charge in [0.05, 0.1) is 11.6 Å². The maximum atomic E-state index is 10.8. The van der Waals surface area contributed by atoms with Crippen LogP contribution in [0.4, 0.5) is 0 Å². The average Bonchev–Trinajstić information content (AvgIpc) is 2.47. The van der Waals surface area contributed by atoms with Crippen LogP contribution in [-0.4, -0.2) is 11.1 Å². The molecule has 1 atom stereocenters. The van der Waals surface area contributed by atoms with Crippen molar-refractivity contribution in [3.8, 4) is 17.6 Å². The van der Waals surface area contributed by atoms with Crippen LogP contribution in [0.3, 0.4) is 0 Å². The first-order valence-corrected chi connectivity index (χ1v) is 5.86. The normalized spacial score (nSPS) is 11.4. The quantitative estimate of drug-likeness (QED) is 0.887. The van der Waals surface area contributed by atoms with Crippen molar-refractivity contribution in [2.75, 3.05) is 0 Å². The van der Waals surface area contributed by atoms with Crippen molar-refractivity contribution in [2.24, 2.45) is 5.73 Å². The molecule has 1 unspecified atom stereocenters. The molecule has 5 nitrogen and oxygen atoms in total. The minimum absolute atomic E-state index is 0.462. The molecule has 20 heavy (non-hydrogen) atoms. The molecule has 2 aromatic carbocycles. The predicted octanol–water partition coefficient (Wildman–Crippen LogP) is 2.43. The second-order valence-electron chi connectivity index (χ2n) is 4.13. The number of nitrogens with zero attached hydrogens (tertiary/aromatic N) is 1. The first-order chi connectivity index (χ1) is 9.60. The Kier molecular flexibility index (Phi) is 3.99. The van der Waals surface area contributed by atoms with Crippen molar-refractivity contribution in [3.05, 3.63) is 59.7 Å². The van der Waals surface area contributed by atoms with Crippen molar-refractivity contribution < 1.29 is 14.6 Å². The van der Waals surface area contributed by atoms with Crippen LogP contribution in [0.15, 0.2) is 48.5 Å². The second kappa shape index (κ2) is 5.87. The minimum Gasteiger partial charge on any atom is -0.480 e. The fourth-order valence-electron chi connectivity index (χ4n) is 1.65. The van der Waals surface area contributed by atoms with E-state index in [1.165, 1.54) is 0 Å². The molecule has 0 amide bonds. The highest BCUT2D eigenvalue weighted by atomic mass is 16.5. The van der Waals surface area contributed by atoms with E-state index in [9.17, 15) is 4.79 Å². The van der Waals surface area contributed by atoms with E-state index in [4.69, 9.17) is 20.8 Å². The van der Waals surface area contributed by atoms with Crippen LogP contribution in [0.25, 0.3) is 0 Å². The number of aliphatic carboxylic acids is 1. The topological polar surface area (TPSA) is 96.3 Å². The lowest BCUT2D eigenvalue weighted by Gasteiger charge is -2.10. The smallest absolute Gasteiger partial charge is 0.325 e. The molecule has 0 saturated heterocycles. The number of ether oxygens (including phenoxy) is 1. The highest BCUT2D eigenvalue weighted by Gasteiger charge is 2.14. The maximum Gasteiger partial charge on any atom is 0.325 e. The van der Waals surface area contributed by atoms with Gasteiger partial charge in [0.15, 0.2) is 0 Å². The Morgan fingerprint density at radius 2 is 1.90 bits per heavy atom. The molecule has 100 valence electrons. The van der Waals surface area contributed by atoms with E-state index in [1.54, 1.807) is 48.5 Å². The monoisotopic (exact) mass is 268 g/mol. The van der Waals surface area contributed by atoms with Crippen LogP contribution < -0.4 is 10.5 Å². The highest BCUT2D eigenvalue weighted by molar-refractivity contribution is 5.75. The molecule has 0 heterocycles. The first kappa shape index (κ1) is 13.6. The zero-order chi connectivity index (χ0) is 14.5. The maximum absolute atomic E-state index is 10.8. The predicted molar refractivity (Wildman–Crippen MR) is 72.2 cm³/mol. The summed E-state index contributed by atoms with van der Waals surface area (Å²) in [6.07, 6.45) is 0. The molecule has 0 saturated carbocycles. The molecule has 0 aliphatic rings. The van der Waals surface area contributed by atoms with Gasteiger partial charge in [-0.1, -0.05) is 12.1 Å². The Balaban J connectivity index is 2.19. The lowest BCUT2D eigenvalue weighted by Crippen LogP contribution is -2.20. The van der Waals surface area contributed by atoms with E-state index in [-0.39, 0.29) is 0 Å². The van der Waals surface area contributed by atoms with Gasteiger partial charge in [-0.25, -0.2) is 0 Å². The van der Waals surface area contributed by atoms with Crippen LogP contribution >= 0.6 is 0 Å². The Labute approximate surface area is 115 Å². The van der Waals surface area contributed by atoms with Gasteiger partial charge in [0, 0.05) is 0 Å². The summed E-state index contributed by atoms with van der Waals surface area (Å²) in [6, 6.07) is 14.1. The number of nitrogens with two attached hydrogens (primary N) is 1. The molecular weight excluding hydrogens is 256 g/mol. The molecule has 0 spiro atoms. The second-order valence-corrected chi connectivity index (χ2v) is 4.13. The number of nitriles is 1. The fourth-order valence-corrected chi connectivity index (χ4v) is 1.65.